The largest absolute Gasteiger partial charge is 0.462 e. The summed E-state index contributed by atoms with van der Waals surface area (Å²) < 4.78 is 21.8. The summed E-state index contributed by atoms with van der Waals surface area (Å²) >= 11 is 0. The van der Waals surface area contributed by atoms with Crippen molar-refractivity contribution in [2.45, 2.75) is 179 Å². The van der Waals surface area contributed by atoms with Gasteiger partial charge in [0.05, 0.1) is 13.2 Å². The minimum atomic E-state index is -1.61. The monoisotopic (exact) mass is 670 g/mol. The standard InChI is InChI=1S/C37H66O10/c1-3-5-7-9-11-12-13-14-15-16-17-18-20-22-24-26-33(40)46-30(28-44-32(39)25-23-21-19-10-8-6-4-2)29-45-37-36(43)35(42)34(41)31(27-38)47-37/h20,22,24,26,30-31,34-38,41-43H,3-19,21,23,25,27-29H2,1-2H3/b22-20+,26-24+/t30-,31+,34-,35?,36?,37+/m1/s1. The summed E-state index contributed by atoms with van der Waals surface area (Å²) in [4.78, 5) is 24.9. The summed E-state index contributed by atoms with van der Waals surface area (Å²) in [6.45, 7) is 3.23. The van der Waals surface area contributed by atoms with Gasteiger partial charge in [0.25, 0.3) is 0 Å². The van der Waals surface area contributed by atoms with Crippen LogP contribution in [0.25, 0.3) is 0 Å². The average Bonchev–Trinajstić information content (AvgIpc) is 3.06. The van der Waals surface area contributed by atoms with Gasteiger partial charge in [-0.15, -0.1) is 0 Å². The number of rotatable bonds is 29. The molecule has 0 aliphatic carbocycles. The Hall–Kier alpha value is -1.82. The topological polar surface area (TPSA) is 152 Å². The lowest BCUT2D eigenvalue weighted by atomic mass is 9.99. The van der Waals surface area contributed by atoms with Crippen molar-refractivity contribution in [1.29, 1.82) is 0 Å². The van der Waals surface area contributed by atoms with E-state index in [1.54, 1.807) is 12.2 Å². The SMILES string of the molecule is CCCCCCCCCCCCC/C=C/C=C/C(=O)O[C@H](COC(=O)CCCCCCCCC)CO[C@H]1O[C@@H](CO)[C@@H](O)C(O)C1O. The zero-order valence-corrected chi connectivity index (χ0v) is 29.3. The van der Waals surface area contributed by atoms with Crippen molar-refractivity contribution in [1.82, 2.24) is 0 Å². The van der Waals surface area contributed by atoms with Gasteiger partial charge in [-0.05, 0) is 19.3 Å². The van der Waals surface area contributed by atoms with Gasteiger partial charge in [-0.3, -0.25) is 4.79 Å². The zero-order chi connectivity index (χ0) is 34.5. The summed E-state index contributed by atoms with van der Waals surface area (Å²) in [5.41, 5.74) is 0. The van der Waals surface area contributed by atoms with Gasteiger partial charge >= 0.3 is 11.9 Å². The number of hydrogen-bond donors (Lipinski definition) is 4. The van der Waals surface area contributed by atoms with E-state index in [0.717, 1.165) is 32.1 Å². The number of aliphatic hydroxyl groups is 4. The second-order valence-corrected chi connectivity index (χ2v) is 12.8. The molecule has 0 aromatic heterocycles. The van der Waals surface area contributed by atoms with Crippen molar-refractivity contribution in [2.75, 3.05) is 19.8 Å². The molecular formula is C37H66O10. The third kappa shape index (κ3) is 21.7. The normalized spacial score (nSPS) is 22.2. The van der Waals surface area contributed by atoms with Crippen LogP contribution in [0.2, 0.25) is 0 Å². The minimum absolute atomic E-state index is 0.256. The third-order valence-corrected chi connectivity index (χ3v) is 8.45. The molecule has 1 aliphatic rings. The Labute approximate surface area is 283 Å². The number of aliphatic hydroxyl groups excluding tert-OH is 4. The number of hydrogen-bond acceptors (Lipinski definition) is 10. The fourth-order valence-electron chi connectivity index (χ4n) is 5.45. The molecular weight excluding hydrogens is 604 g/mol. The average molecular weight is 671 g/mol. The van der Waals surface area contributed by atoms with Crippen LogP contribution in [0.5, 0.6) is 0 Å². The smallest absolute Gasteiger partial charge is 0.331 e. The van der Waals surface area contributed by atoms with Gasteiger partial charge < -0.3 is 39.4 Å². The molecule has 0 amide bonds. The lowest BCUT2D eigenvalue weighted by Gasteiger charge is -2.39. The second kappa shape index (κ2) is 29.1. The highest BCUT2D eigenvalue weighted by molar-refractivity contribution is 5.82. The van der Waals surface area contributed by atoms with E-state index in [9.17, 15) is 30.0 Å². The third-order valence-electron chi connectivity index (χ3n) is 8.45. The van der Waals surface area contributed by atoms with Crippen molar-refractivity contribution in [3.63, 3.8) is 0 Å². The number of unbranched alkanes of at least 4 members (excludes halogenated alkanes) is 17. The Balaban J connectivity index is 2.46. The van der Waals surface area contributed by atoms with Crippen molar-refractivity contribution in [3.8, 4) is 0 Å². The van der Waals surface area contributed by atoms with Crippen molar-refractivity contribution >= 4 is 11.9 Å². The Kier molecular flexibility index (Phi) is 26.8. The molecule has 0 bridgehead atoms. The van der Waals surface area contributed by atoms with Gasteiger partial charge in [-0.1, -0.05) is 135 Å². The molecule has 1 heterocycles. The summed E-state index contributed by atoms with van der Waals surface area (Å²) in [5, 5.41) is 39.7. The molecule has 1 saturated heterocycles. The molecule has 0 aromatic rings. The minimum Gasteiger partial charge on any atom is -0.462 e. The van der Waals surface area contributed by atoms with Crippen molar-refractivity contribution in [3.05, 3.63) is 24.3 Å². The number of carbonyl (C=O) groups excluding carboxylic acids is 2. The Morgan fingerprint density at radius 3 is 1.83 bits per heavy atom. The van der Waals surface area contributed by atoms with E-state index < -0.39 is 55.4 Å². The summed E-state index contributed by atoms with van der Waals surface area (Å²) in [7, 11) is 0. The van der Waals surface area contributed by atoms with Crippen LogP contribution in [0.1, 0.15) is 142 Å². The Morgan fingerprint density at radius 2 is 1.26 bits per heavy atom. The fourth-order valence-corrected chi connectivity index (χ4v) is 5.45. The maximum absolute atomic E-state index is 12.5. The van der Waals surface area contributed by atoms with Crippen LogP contribution in [0.3, 0.4) is 0 Å². The highest BCUT2D eigenvalue weighted by atomic mass is 16.7. The lowest BCUT2D eigenvalue weighted by molar-refractivity contribution is -0.305. The Bertz CT molecular complexity index is 830. The maximum atomic E-state index is 12.5. The van der Waals surface area contributed by atoms with Crippen LogP contribution >= 0.6 is 0 Å². The first-order chi connectivity index (χ1) is 22.8. The molecule has 274 valence electrons. The molecule has 0 saturated carbocycles. The first kappa shape index (κ1) is 43.2. The highest BCUT2D eigenvalue weighted by Crippen LogP contribution is 2.22. The van der Waals surface area contributed by atoms with E-state index in [0.29, 0.717) is 6.42 Å². The van der Waals surface area contributed by atoms with Crippen LogP contribution < -0.4 is 0 Å². The van der Waals surface area contributed by atoms with Gasteiger partial charge in [0.15, 0.2) is 12.4 Å². The van der Waals surface area contributed by atoms with E-state index in [1.807, 2.05) is 6.08 Å². The summed E-state index contributed by atoms with van der Waals surface area (Å²) in [6, 6.07) is 0. The number of ether oxygens (including phenoxy) is 4. The molecule has 47 heavy (non-hydrogen) atoms. The van der Waals surface area contributed by atoms with Crippen LogP contribution in [-0.2, 0) is 28.5 Å². The molecule has 10 nitrogen and oxygen atoms in total. The molecule has 0 spiro atoms. The van der Waals surface area contributed by atoms with Crippen molar-refractivity contribution < 1.29 is 49.0 Å². The molecule has 4 N–H and O–H groups in total. The molecule has 0 aromatic carbocycles. The number of esters is 2. The van der Waals surface area contributed by atoms with Gasteiger partial charge in [-0.25, -0.2) is 4.79 Å². The fraction of sp³-hybridized carbons (Fsp3) is 0.838. The molecule has 6 atom stereocenters. The van der Waals surface area contributed by atoms with E-state index in [2.05, 4.69) is 13.8 Å². The quantitative estimate of drug-likeness (QED) is 0.0313. The van der Waals surface area contributed by atoms with E-state index >= 15 is 0 Å². The number of carbonyl (C=O) groups is 2. The zero-order valence-electron chi connectivity index (χ0n) is 29.3. The van der Waals surface area contributed by atoms with E-state index in [-0.39, 0.29) is 19.6 Å². The van der Waals surface area contributed by atoms with E-state index in [4.69, 9.17) is 18.9 Å². The predicted octanol–water partition coefficient (Wildman–Crippen LogP) is 6.21. The van der Waals surface area contributed by atoms with Crippen molar-refractivity contribution in [2.24, 2.45) is 0 Å². The van der Waals surface area contributed by atoms with Gasteiger partial charge in [0.2, 0.25) is 0 Å². The Morgan fingerprint density at radius 1 is 0.702 bits per heavy atom. The predicted molar refractivity (Wildman–Crippen MR) is 183 cm³/mol. The maximum Gasteiger partial charge on any atom is 0.331 e. The van der Waals surface area contributed by atoms with Crippen LogP contribution in [0.15, 0.2) is 24.3 Å². The molecule has 1 aliphatic heterocycles. The number of allylic oxidation sites excluding steroid dienone is 3. The van der Waals surface area contributed by atoms with E-state index in [1.165, 1.54) is 89.5 Å². The molecule has 0 radical (unpaired) electrons. The van der Waals surface area contributed by atoms with Gasteiger partial charge in [0.1, 0.15) is 31.0 Å². The summed E-state index contributed by atoms with van der Waals surface area (Å²) in [6.07, 6.45) is 21.3. The van der Waals surface area contributed by atoms with Gasteiger partial charge in [0, 0.05) is 12.5 Å². The highest BCUT2D eigenvalue weighted by Gasteiger charge is 2.44. The molecule has 2 unspecified atom stereocenters. The first-order valence-electron chi connectivity index (χ1n) is 18.5. The lowest BCUT2D eigenvalue weighted by Crippen LogP contribution is -2.59. The summed E-state index contributed by atoms with van der Waals surface area (Å²) in [5.74, 6) is -1.07. The first-order valence-corrected chi connectivity index (χ1v) is 18.5. The molecule has 1 fully saturated rings. The van der Waals surface area contributed by atoms with Crippen LogP contribution in [0, 0.1) is 0 Å². The van der Waals surface area contributed by atoms with Crippen LogP contribution in [-0.4, -0.2) is 89.0 Å². The van der Waals surface area contributed by atoms with Gasteiger partial charge in [-0.2, -0.15) is 0 Å². The molecule has 10 heteroatoms. The second-order valence-electron chi connectivity index (χ2n) is 12.8. The molecule has 1 rings (SSSR count). The van der Waals surface area contributed by atoms with Crippen LogP contribution in [0.4, 0.5) is 0 Å².